The Balaban J connectivity index is 1.35. The Labute approximate surface area is 275 Å². The van der Waals surface area contributed by atoms with E-state index in [9.17, 15) is 19.5 Å². The average Bonchev–Trinajstić information content (AvgIpc) is 3.78. The van der Waals surface area contributed by atoms with Crippen LogP contribution in [0.25, 0.3) is 11.8 Å². The largest absolute Gasteiger partial charge is 0.478 e. The summed E-state index contributed by atoms with van der Waals surface area (Å²) in [6.07, 6.45) is 5.33. The number of nitrogens with zero attached hydrogens (tertiary/aromatic N) is 7. The highest BCUT2D eigenvalue weighted by Crippen LogP contribution is 2.38. The second kappa shape index (κ2) is 13.3. The number of aromatic carboxylic acids is 1. The molecular weight excluding hydrogens is 627 g/mol. The van der Waals surface area contributed by atoms with E-state index in [0.717, 1.165) is 30.8 Å². The molecule has 242 valence electrons. The number of tetrazole rings is 1. The predicted molar refractivity (Wildman–Crippen MR) is 174 cm³/mol. The molecule has 0 aliphatic carbocycles. The molecule has 1 aromatic heterocycles. The SMILES string of the molecule is CN(C)[C@@H]1CCN(c2cccc3c2CCN(C(=O)C=Cc2c(-n4cnnn4)ccc(Cl)c2F)[C@H]3C(=O)Nc2ccc(C(=O)O)cc2)C1. The van der Waals surface area contributed by atoms with Crippen LogP contribution in [0, 0.1) is 5.82 Å². The molecule has 6 rings (SSSR count). The first-order valence-electron chi connectivity index (χ1n) is 15.0. The van der Waals surface area contributed by atoms with Gasteiger partial charge in [-0.1, -0.05) is 23.7 Å². The van der Waals surface area contributed by atoms with Crippen LogP contribution in [0.3, 0.4) is 0 Å². The monoisotopic (exact) mass is 658 g/mol. The fraction of sp³-hybridized carbons (Fsp3) is 0.273. The Morgan fingerprint density at radius 1 is 1.06 bits per heavy atom. The van der Waals surface area contributed by atoms with Gasteiger partial charge in [0.05, 0.1) is 16.3 Å². The van der Waals surface area contributed by atoms with Gasteiger partial charge in [0.25, 0.3) is 5.91 Å². The molecule has 0 bridgehead atoms. The van der Waals surface area contributed by atoms with Gasteiger partial charge in [-0.25, -0.2) is 9.18 Å². The van der Waals surface area contributed by atoms with Gasteiger partial charge in [0.2, 0.25) is 5.91 Å². The highest BCUT2D eigenvalue weighted by atomic mass is 35.5. The van der Waals surface area contributed by atoms with Crippen LogP contribution in [-0.4, -0.2) is 92.7 Å². The lowest BCUT2D eigenvalue weighted by atomic mass is 9.90. The van der Waals surface area contributed by atoms with Crippen LogP contribution in [0.4, 0.5) is 15.8 Å². The van der Waals surface area contributed by atoms with E-state index in [2.05, 4.69) is 50.8 Å². The zero-order valence-electron chi connectivity index (χ0n) is 25.7. The van der Waals surface area contributed by atoms with Gasteiger partial charge in [-0.15, -0.1) is 5.10 Å². The summed E-state index contributed by atoms with van der Waals surface area (Å²) in [6, 6.07) is 13.9. The quantitative estimate of drug-likeness (QED) is 0.269. The summed E-state index contributed by atoms with van der Waals surface area (Å²) in [4.78, 5) is 45.3. The number of carboxylic acid groups (broad SMARTS) is 1. The lowest BCUT2D eigenvalue weighted by Crippen LogP contribution is -2.45. The molecule has 3 aromatic carbocycles. The molecule has 2 amide bonds. The summed E-state index contributed by atoms with van der Waals surface area (Å²) in [6.45, 7) is 1.94. The van der Waals surface area contributed by atoms with Crippen LogP contribution in [0.5, 0.6) is 0 Å². The molecule has 12 nitrogen and oxygen atoms in total. The number of anilines is 2. The number of aromatic nitrogens is 4. The number of hydrogen-bond donors (Lipinski definition) is 2. The van der Waals surface area contributed by atoms with E-state index in [1.807, 2.05) is 12.1 Å². The van der Waals surface area contributed by atoms with Crippen molar-refractivity contribution in [2.24, 2.45) is 0 Å². The van der Waals surface area contributed by atoms with Gasteiger partial charge < -0.3 is 25.1 Å². The van der Waals surface area contributed by atoms with Gasteiger partial charge in [0.15, 0.2) is 5.82 Å². The van der Waals surface area contributed by atoms with Crippen molar-refractivity contribution in [2.75, 3.05) is 43.9 Å². The molecule has 1 saturated heterocycles. The lowest BCUT2D eigenvalue weighted by Gasteiger charge is -2.38. The van der Waals surface area contributed by atoms with Gasteiger partial charge in [-0.2, -0.15) is 4.68 Å². The van der Waals surface area contributed by atoms with Crippen LogP contribution in [0.2, 0.25) is 5.02 Å². The predicted octanol–water partition coefficient (Wildman–Crippen LogP) is 4.07. The number of carbonyl (C=O) groups is 3. The lowest BCUT2D eigenvalue weighted by molar-refractivity contribution is -0.135. The Morgan fingerprint density at radius 2 is 1.85 bits per heavy atom. The number of carboxylic acids is 1. The number of likely N-dealkylation sites (N-methyl/N-ethyl adjacent to an activating group) is 1. The zero-order chi connectivity index (χ0) is 33.2. The Morgan fingerprint density at radius 3 is 2.53 bits per heavy atom. The van der Waals surface area contributed by atoms with Crippen molar-refractivity contribution in [3.05, 3.63) is 100 Å². The highest BCUT2D eigenvalue weighted by Gasteiger charge is 2.38. The number of carbonyl (C=O) groups excluding carboxylic acids is 2. The Bertz CT molecular complexity index is 1850. The fourth-order valence-electron chi connectivity index (χ4n) is 6.19. The molecule has 0 radical (unpaired) electrons. The normalized spacial score (nSPS) is 17.7. The van der Waals surface area contributed by atoms with Gasteiger partial charge >= 0.3 is 5.97 Å². The van der Waals surface area contributed by atoms with Crippen LogP contribution < -0.4 is 10.2 Å². The fourth-order valence-corrected chi connectivity index (χ4v) is 6.36. The maximum Gasteiger partial charge on any atom is 0.335 e. The Hall–Kier alpha value is -5.14. The number of benzene rings is 3. The molecule has 2 aliphatic heterocycles. The van der Waals surface area contributed by atoms with Crippen molar-refractivity contribution in [3.8, 4) is 5.69 Å². The van der Waals surface area contributed by atoms with Crippen LogP contribution >= 0.6 is 11.6 Å². The molecule has 1 fully saturated rings. The number of fused-ring (bicyclic) bond motifs is 1. The number of halogens is 2. The standard InChI is InChI=1S/C33H32ClFN8O4/c1-40(2)22-14-16-41(18-22)27-5-3-4-24-23(27)15-17-42(31(24)32(45)37-21-8-6-20(7-9-21)33(46)47)29(44)13-10-25-28(43-19-36-38-39-43)12-11-26(34)30(25)35/h3-13,19,22,31H,14-18H2,1-2H3,(H,37,45)(H,46,47)/t22-,31-/m1/s1. The van der Waals surface area contributed by atoms with Crippen molar-refractivity contribution in [1.29, 1.82) is 0 Å². The molecule has 0 spiro atoms. The molecule has 4 aromatic rings. The summed E-state index contributed by atoms with van der Waals surface area (Å²) >= 11 is 6.07. The number of amides is 2. The van der Waals surface area contributed by atoms with E-state index in [0.29, 0.717) is 23.7 Å². The summed E-state index contributed by atoms with van der Waals surface area (Å²) in [5, 5.41) is 23.0. The number of hydrogen-bond acceptors (Lipinski definition) is 8. The summed E-state index contributed by atoms with van der Waals surface area (Å²) in [5.41, 5.74) is 3.44. The van der Waals surface area contributed by atoms with E-state index < -0.39 is 29.6 Å². The van der Waals surface area contributed by atoms with Gasteiger partial charge in [-0.05, 0) is 97.0 Å². The molecule has 14 heteroatoms. The van der Waals surface area contributed by atoms with Gasteiger partial charge in [-0.3, -0.25) is 9.59 Å². The summed E-state index contributed by atoms with van der Waals surface area (Å²) in [5.74, 6) is -2.82. The third-order valence-electron chi connectivity index (χ3n) is 8.66. The maximum atomic E-state index is 15.2. The third-order valence-corrected chi connectivity index (χ3v) is 8.95. The second-order valence-corrected chi connectivity index (χ2v) is 12.0. The summed E-state index contributed by atoms with van der Waals surface area (Å²) in [7, 11) is 4.13. The minimum atomic E-state index is -1.09. The maximum absolute atomic E-state index is 15.2. The van der Waals surface area contributed by atoms with Crippen molar-refractivity contribution in [1.82, 2.24) is 30.0 Å². The van der Waals surface area contributed by atoms with E-state index in [1.54, 1.807) is 0 Å². The molecule has 0 unspecified atom stereocenters. The van der Waals surface area contributed by atoms with E-state index in [1.165, 1.54) is 64.5 Å². The molecule has 0 saturated carbocycles. The number of nitrogens with one attached hydrogen (secondary N) is 1. The van der Waals surface area contributed by atoms with Crippen LogP contribution in [-0.2, 0) is 16.0 Å². The summed E-state index contributed by atoms with van der Waals surface area (Å²) < 4.78 is 16.5. The van der Waals surface area contributed by atoms with E-state index in [-0.39, 0.29) is 28.4 Å². The average molecular weight is 659 g/mol. The molecule has 2 atom stereocenters. The molecule has 3 heterocycles. The van der Waals surface area contributed by atoms with Crippen molar-refractivity contribution in [2.45, 2.75) is 24.9 Å². The number of rotatable bonds is 8. The van der Waals surface area contributed by atoms with Crippen molar-refractivity contribution >= 4 is 46.8 Å². The smallest absolute Gasteiger partial charge is 0.335 e. The third kappa shape index (κ3) is 6.44. The van der Waals surface area contributed by atoms with Gasteiger partial charge in [0.1, 0.15) is 12.4 Å². The molecular formula is C33H32ClFN8O4. The van der Waals surface area contributed by atoms with Crippen molar-refractivity contribution in [3.63, 3.8) is 0 Å². The zero-order valence-corrected chi connectivity index (χ0v) is 26.4. The topological polar surface area (TPSA) is 137 Å². The first-order valence-corrected chi connectivity index (χ1v) is 15.4. The van der Waals surface area contributed by atoms with Gasteiger partial charge in [0, 0.05) is 48.7 Å². The first kappa shape index (κ1) is 31.8. The van der Waals surface area contributed by atoms with Crippen LogP contribution in [0.1, 0.15) is 39.5 Å². The minimum Gasteiger partial charge on any atom is -0.478 e. The highest BCUT2D eigenvalue weighted by molar-refractivity contribution is 6.31. The minimum absolute atomic E-state index is 0.00171. The Kier molecular flexibility index (Phi) is 9.01. The molecule has 2 aliphatic rings. The van der Waals surface area contributed by atoms with Crippen molar-refractivity contribution < 1.29 is 23.9 Å². The molecule has 47 heavy (non-hydrogen) atoms. The van der Waals surface area contributed by atoms with E-state index in [4.69, 9.17) is 11.6 Å². The second-order valence-electron chi connectivity index (χ2n) is 11.6. The molecule has 2 N–H and O–H groups in total. The first-order chi connectivity index (χ1) is 22.6. The van der Waals surface area contributed by atoms with E-state index >= 15 is 4.39 Å². The van der Waals surface area contributed by atoms with Crippen LogP contribution in [0.15, 0.2) is 67.0 Å².